The Balaban J connectivity index is 1.42. The number of hydrogen-bond acceptors (Lipinski definition) is 2. The van der Waals surface area contributed by atoms with Crippen LogP contribution in [0.2, 0.25) is 10.0 Å². The van der Waals surface area contributed by atoms with Crippen LogP contribution in [0.3, 0.4) is 0 Å². The van der Waals surface area contributed by atoms with Gasteiger partial charge in [0.1, 0.15) is 0 Å². The molecule has 30 heavy (non-hydrogen) atoms. The molecule has 1 aliphatic heterocycles. The average Bonchev–Trinajstić information content (AvgIpc) is 3.17. The molecule has 3 aromatic rings. The van der Waals surface area contributed by atoms with Crippen molar-refractivity contribution in [3.8, 4) is 0 Å². The number of amides is 1. The van der Waals surface area contributed by atoms with Gasteiger partial charge in [0, 0.05) is 23.1 Å². The summed E-state index contributed by atoms with van der Waals surface area (Å²) in [6, 6.07) is 21.1. The number of nitrogens with two attached hydrogens (primary N) is 1. The Hall–Kier alpha value is -2.59. The van der Waals surface area contributed by atoms with Crippen LogP contribution in [0.1, 0.15) is 27.8 Å². The topological polar surface area (TPSA) is 46.3 Å². The van der Waals surface area contributed by atoms with Gasteiger partial charge in [-0.05, 0) is 52.4 Å². The molecule has 0 spiro atoms. The molecule has 0 saturated heterocycles. The minimum atomic E-state index is -0.643. The second kappa shape index (κ2) is 9.05. The molecule has 152 valence electrons. The number of benzene rings is 3. The monoisotopic (exact) mass is 436 g/mol. The summed E-state index contributed by atoms with van der Waals surface area (Å²) in [7, 11) is 0. The molecular weight excluding hydrogens is 415 g/mol. The van der Waals surface area contributed by atoms with Gasteiger partial charge in [-0.3, -0.25) is 4.79 Å². The molecule has 1 heterocycles. The van der Waals surface area contributed by atoms with Crippen molar-refractivity contribution in [1.82, 2.24) is 4.90 Å². The zero-order valence-corrected chi connectivity index (χ0v) is 17.9. The van der Waals surface area contributed by atoms with E-state index in [9.17, 15) is 4.79 Å². The Kier molecular flexibility index (Phi) is 6.24. The molecule has 3 nitrogen and oxygen atoms in total. The van der Waals surface area contributed by atoms with Gasteiger partial charge in [-0.25, -0.2) is 0 Å². The molecule has 4 rings (SSSR count). The fraction of sp³-hybridized carbons (Fsp3) is 0.160. The molecule has 3 aromatic carbocycles. The Morgan fingerprint density at radius 1 is 0.933 bits per heavy atom. The number of carbonyl (C=O) groups excluding carboxylic acids is 1. The first kappa shape index (κ1) is 20.7. The summed E-state index contributed by atoms with van der Waals surface area (Å²) in [6.07, 6.45) is 4.56. The summed E-state index contributed by atoms with van der Waals surface area (Å²) < 4.78 is 0. The van der Waals surface area contributed by atoms with E-state index in [4.69, 9.17) is 28.9 Å². The van der Waals surface area contributed by atoms with Crippen LogP contribution in [-0.2, 0) is 24.3 Å². The van der Waals surface area contributed by atoms with Gasteiger partial charge in [0.05, 0.1) is 6.04 Å². The molecule has 0 fully saturated rings. The fourth-order valence-corrected chi connectivity index (χ4v) is 4.16. The predicted molar refractivity (Wildman–Crippen MR) is 124 cm³/mol. The first-order valence-corrected chi connectivity index (χ1v) is 10.6. The zero-order chi connectivity index (χ0) is 21.1. The van der Waals surface area contributed by atoms with Crippen LogP contribution in [0, 0.1) is 0 Å². The summed E-state index contributed by atoms with van der Waals surface area (Å²) >= 11 is 12.2. The molecule has 0 aromatic heterocycles. The standard InChI is InChI=1S/C25H22Cl2N2O/c26-22-11-10-19(23(27)14-22)13-24(28)25(30)29-15-20-9-8-18(12-21(20)16-29)7-6-17-4-2-1-3-5-17/h1-12,14,24H,13,15-16,28H2/t24-/m1/s1. The van der Waals surface area contributed by atoms with Crippen LogP contribution in [0.4, 0.5) is 0 Å². The highest BCUT2D eigenvalue weighted by molar-refractivity contribution is 6.35. The van der Waals surface area contributed by atoms with Gasteiger partial charge in [-0.2, -0.15) is 0 Å². The predicted octanol–water partition coefficient (Wildman–Crippen LogP) is 5.58. The minimum Gasteiger partial charge on any atom is -0.333 e. The van der Waals surface area contributed by atoms with Crippen molar-refractivity contribution in [3.05, 3.63) is 105 Å². The summed E-state index contributed by atoms with van der Waals surface area (Å²) in [5.74, 6) is -0.0707. The largest absolute Gasteiger partial charge is 0.333 e. The third-order valence-corrected chi connectivity index (χ3v) is 5.89. The normalized spacial score (nSPS) is 14.2. The van der Waals surface area contributed by atoms with Crippen LogP contribution >= 0.6 is 23.2 Å². The van der Waals surface area contributed by atoms with Crippen molar-refractivity contribution in [1.29, 1.82) is 0 Å². The van der Waals surface area contributed by atoms with Gasteiger partial charge >= 0.3 is 0 Å². The van der Waals surface area contributed by atoms with Gasteiger partial charge in [0.25, 0.3) is 0 Å². The fourth-order valence-electron chi connectivity index (χ4n) is 3.68. The Morgan fingerprint density at radius 3 is 2.43 bits per heavy atom. The summed E-state index contributed by atoms with van der Waals surface area (Å²) in [4.78, 5) is 14.7. The van der Waals surface area contributed by atoms with Crippen LogP contribution < -0.4 is 5.73 Å². The van der Waals surface area contributed by atoms with E-state index in [0.717, 1.165) is 27.8 Å². The molecule has 1 aliphatic rings. The lowest BCUT2D eigenvalue weighted by Crippen LogP contribution is -2.42. The van der Waals surface area contributed by atoms with Crippen molar-refractivity contribution in [3.63, 3.8) is 0 Å². The lowest BCUT2D eigenvalue weighted by atomic mass is 10.1. The van der Waals surface area contributed by atoms with Crippen molar-refractivity contribution in [2.24, 2.45) is 5.73 Å². The van der Waals surface area contributed by atoms with E-state index in [1.807, 2.05) is 29.2 Å². The molecule has 1 amide bonds. The molecule has 1 atom stereocenters. The maximum absolute atomic E-state index is 12.9. The van der Waals surface area contributed by atoms with Crippen LogP contribution in [0.5, 0.6) is 0 Å². The average molecular weight is 437 g/mol. The van der Waals surface area contributed by atoms with E-state index in [1.54, 1.807) is 12.1 Å². The number of fused-ring (bicyclic) bond motifs is 1. The molecule has 0 bridgehead atoms. The van der Waals surface area contributed by atoms with Crippen LogP contribution in [-0.4, -0.2) is 16.8 Å². The molecule has 0 radical (unpaired) electrons. The molecule has 2 N–H and O–H groups in total. The lowest BCUT2D eigenvalue weighted by molar-refractivity contribution is -0.133. The lowest BCUT2D eigenvalue weighted by Gasteiger charge is -2.20. The third-order valence-electron chi connectivity index (χ3n) is 5.30. The van der Waals surface area contributed by atoms with E-state index >= 15 is 0 Å². The Morgan fingerprint density at radius 2 is 1.67 bits per heavy atom. The maximum atomic E-state index is 12.9. The molecule has 0 aliphatic carbocycles. The van der Waals surface area contributed by atoms with Crippen LogP contribution in [0.15, 0.2) is 66.7 Å². The number of hydrogen-bond donors (Lipinski definition) is 1. The van der Waals surface area contributed by atoms with Crippen molar-refractivity contribution >= 4 is 41.3 Å². The van der Waals surface area contributed by atoms with Gasteiger partial charge in [-0.15, -0.1) is 0 Å². The number of nitrogens with zero attached hydrogens (tertiary/aromatic N) is 1. The van der Waals surface area contributed by atoms with Crippen molar-refractivity contribution in [2.75, 3.05) is 0 Å². The van der Waals surface area contributed by atoms with Gasteiger partial charge in [-0.1, -0.05) is 83.9 Å². The Bertz CT molecular complexity index is 1100. The molecular formula is C25H22Cl2N2O. The van der Waals surface area contributed by atoms with E-state index in [-0.39, 0.29) is 5.91 Å². The number of halogens is 2. The molecule has 0 saturated carbocycles. The number of carbonyl (C=O) groups is 1. The summed E-state index contributed by atoms with van der Waals surface area (Å²) in [5.41, 5.74) is 11.6. The molecule has 5 heteroatoms. The van der Waals surface area contributed by atoms with Gasteiger partial charge in [0.15, 0.2) is 0 Å². The zero-order valence-electron chi connectivity index (χ0n) is 16.4. The second-order valence-electron chi connectivity index (χ2n) is 7.51. The summed E-state index contributed by atoms with van der Waals surface area (Å²) in [5, 5.41) is 1.10. The number of rotatable bonds is 5. The smallest absolute Gasteiger partial charge is 0.240 e. The first-order valence-electron chi connectivity index (χ1n) is 9.83. The third kappa shape index (κ3) is 4.76. The van der Waals surface area contributed by atoms with E-state index in [1.165, 1.54) is 0 Å². The Labute approximate surface area is 186 Å². The highest BCUT2D eigenvalue weighted by Gasteiger charge is 2.27. The minimum absolute atomic E-state index is 0.0707. The quantitative estimate of drug-likeness (QED) is 0.530. The van der Waals surface area contributed by atoms with Crippen LogP contribution in [0.25, 0.3) is 12.2 Å². The maximum Gasteiger partial charge on any atom is 0.240 e. The molecule has 0 unspecified atom stereocenters. The highest BCUT2D eigenvalue weighted by atomic mass is 35.5. The highest BCUT2D eigenvalue weighted by Crippen LogP contribution is 2.26. The summed E-state index contributed by atoms with van der Waals surface area (Å²) in [6.45, 7) is 1.15. The van der Waals surface area contributed by atoms with Gasteiger partial charge < -0.3 is 10.6 Å². The van der Waals surface area contributed by atoms with Crippen molar-refractivity contribution < 1.29 is 4.79 Å². The SMILES string of the molecule is N[C@H](Cc1ccc(Cl)cc1Cl)C(=O)N1Cc2ccc(C=Cc3ccccc3)cc2C1. The first-order chi connectivity index (χ1) is 14.5. The second-order valence-corrected chi connectivity index (χ2v) is 8.36. The van der Waals surface area contributed by atoms with Crippen molar-refractivity contribution in [2.45, 2.75) is 25.6 Å². The van der Waals surface area contributed by atoms with E-state index in [0.29, 0.717) is 29.6 Å². The van der Waals surface area contributed by atoms with E-state index in [2.05, 4.69) is 42.5 Å². The van der Waals surface area contributed by atoms with Gasteiger partial charge in [0.2, 0.25) is 5.91 Å². The van der Waals surface area contributed by atoms with E-state index < -0.39 is 6.04 Å².